The van der Waals surface area contributed by atoms with Crippen LogP contribution in [0.4, 0.5) is 0 Å². The summed E-state index contributed by atoms with van der Waals surface area (Å²) in [6.07, 6.45) is 0.641. The summed E-state index contributed by atoms with van der Waals surface area (Å²) in [6, 6.07) is 2.16. The molecule has 0 amide bonds. The largest absolute Gasteiger partial charge is 0.550 e. The van der Waals surface area contributed by atoms with Crippen LogP contribution >= 0.6 is 11.3 Å². The fourth-order valence-corrected chi connectivity index (χ4v) is 2.52. The highest BCUT2D eigenvalue weighted by Gasteiger charge is 2.14. The van der Waals surface area contributed by atoms with Gasteiger partial charge in [0.15, 0.2) is 0 Å². The van der Waals surface area contributed by atoms with Crippen molar-refractivity contribution >= 4 is 17.3 Å². The van der Waals surface area contributed by atoms with E-state index in [4.69, 9.17) is 0 Å². The highest BCUT2D eigenvalue weighted by molar-refractivity contribution is 7.12. The summed E-state index contributed by atoms with van der Waals surface area (Å²) in [4.78, 5) is 12.8. The molecule has 0 radical (unpaired) electrons. The van der Waals surface area contributed by atoms with Crippen molar-refractivity contribution in [1.82, 2.24) is 0 Å². The van der Waals surface area contributed by atoms with Crippen LogP contribution in [0.5, 0.6) is 0 Å². The van der Waals surface area contributed by atoms with Crippen molar-refractivity contribution in [2.75, 3.05) is 0 Å². The van der Waals surface area contributed by atoms with Crippen molar-refractivity contribution in [2.45, 2.75) is 32.7 Å². The highest BCUT2D eigenvalue weighted by atomic mass is 32.1. The third-order valence-electron chi connectivity index (χ3n) is 2.22. The number of rotatable bonds is 4. The fourth-order valence-electron chi connectivity index (χ4n) is 1.50. The minimum absolute atomic E-state index is 0.0675. The molecule has 4 heteroatoms. The molecule has 0 aliphatic carbocycles. The van der Waals surface area contributed by atoms with E-state index in [9.17, 15) is 9.90 Å². The minimum Gasteiger partial charge on any atom is -0.550 e. The molecular formula is C10H15NO2S. The van der Waals surface area contributed by atoms with Gasteiger partial charge in [-0.25, -0.2) is 0 Å². The fraction of sp³-hybridized carbons (Fsp3) is 0.500. The van der Waals surface area contributed by atoms with Gasteiger partial charge in [0.1, 0.15) is 6.04 Å². The molecule has 0 unspecified atom stereocenters. The molecule has 78 valence electrons. The SMILES string of the molecule is Cc1cc([C@H]([NH3+])CCC(=O)[O-])c(C)s1. The molecule has 0 aliphatic rings. The van der Waals surface area contributed by atoms with E-state index in [1.54, 1.807) is 11.3 Å². The van der Waals surface area contributed by atoms with Gasteiger partial charge in [-0.1, -0.05) is 0 Å². The van der Waals surface area contributed by atoms with Gasteiger partial charge >= 0.3 is 0 Å². The molecule has 1 aromatic heterocycles. The second-order valence-electron chi connectivity index (χ2n) is 3.48. The summed E-state index contributed by atoms with van der Waals surface area (Å²) in [5, 5.41) is 10.3. The number of aliphatic carboxylic acids is 1. The van der Waals surface area contributed by atoms with Gasteiger partial charge in [-0.3, -0.25) is 0 Å². The maximum Gasteiger partial charge on any atom is 0.111 e. The van der Waals surface area contributed by atoms with E-state index in [1.807, 2.05) is 13.8 Å². The molecule has 0 saturated carbocycles. The number of carbonyl (C=O) groups is 1. The summed E-state index contributed by atoms with van der Waals surface area (Å²) >= 11 is 1.73. The van der Waals surface area contributed by atoms with Crippen molar-refractivity contribution in [3.63, 3.8) is 0 Å². The number of quaternary nitrogens is 1. The van der Waals surface area contributed by atoms with Crippen LogP contribution in [0.1, 0.15) is 34.2 Å². The maximum absolute atomic E-state index is 10.3. The Balaban J connectivity index is 2.64. The second-order valence-corrected chi connectivity index (χ2v) is 4.94. The van der Waals surface area contributed by atoms with Gasteiger partial charge < -0.3 is 15.6 Å². The predicted octanol–water partition coefficient (Wildman–Crippen LogP) is 0.178. The van der Waals surface area contributed by atoms with Gasteiger partial charge in [-0.05, 0) is 26.3 Å². The molecule has 3 N–H and O–H groups in total. The van der Waals surface area contributed by atoms with E-state index < -0.39 is 5.97 Å². The van der Waals surface area contributed by atoms with Crippen LogP contribution in [-0.4, -0.2) is 5.97 Å². The lowest BCUT2D eigenvalue weighted by atomic mass is 10.0. The Morgan fingerprint density at radius 1 is 1.64 bits per heavy atom. The summed E-state index contributed by atoms with van der Waals surface area (Å²) in [5.41, 5.74) is 5.14. The topological polar surface area (TPSA) is 67.8 Å². The maximum atomic E-state index is 10.3. The first kappa shape index (κ1) is 11.2. The molecule has 1 heterocycles. The molecular weight excluding hydrogens is 198 g/mol. The molecule has 1 aromatic rings. The molecule has 1 atom stereocenters. The minimum atomic E-state index is -0.997. The zero-order chi connectivity index (χ0) is 10.7. The Kier molecular flexibility index (Phi) is 3.66. The molecule has 14 heavy (non-hydrogen) atoms. The van der Waals surface area contributed by atoms with Gasteiger partial charge in [0.2, 0.25) is 0 Å². The van der Waals surface area contributed by atoms with E-state index in [1.165, 1.54) is 15.3 Å². The summed E-state index contributed by atoms with van der Waals surface area (Å²) < 4.78 is 0. The van der Waals surface area contributed by atoms with Crippen molar-refractivity contribution in [1.29, 1.82) is 0 Å². The van der Waals surface area contributed by atoms with Crippen LogP contribution in [-0.2, 0) is 4.79 Å². The van der Waals surface area contributed by atoms with E-state index in [0.29, 0.717) is 6.42 Å². The third kappa shape index (κ3) is 2.82. The Labute approximate surface area is 87.6 Å². The first-order valence-electron chi connectivity index (χ1n) is 4.60. The predicted molar refractivity (Wildman–Crippen MR) is 53.7 cm³/mol. The van der Waals surface area contributed by atoms with E-state index >= 15 is 0 Å². The number of carbonyl (C=O) groups excluding carboxylic acids is 1. The van der Waals surface area contributed by atoms with Gasteiger partial charge in [0, 0.05) is 27.7 Å². The van der Waals surface area contributed by atoms with Crippen LogP contribution in [0.3, 0.4) is 0 Å². The highest BCUT2D eigenvalue weighted by Crippen LogP contribution is 2.26. The van der Waals surface area contributed by atoms with Crippen LogP contribution in [0.15, 0.2) is 6.07 Å². The van der Waals surface area contributed by atoms with Crippen molar-refractivity contribution < 1.29 is 15.6 Å². The normalized spacial score (nSPS) is 12.8. The third-order valence-corrected chi connectivity index (χ3v) is 3.20. The van der Waals surface area contributed by atoms with E-state index in [-0.39, 0.29) is 12.5 Å². The smallest absolute Gasteiger partial charge is 0.111 e. The van der Waals surface area contributed by atoms with E-state index in [0.717, 1.165) is 0 Å². The zero-order valence-corrected chi connectivity index (χ0v) is 9.32. The van der Waals surface area contributed by atoms with Crippen LogP contribution in [0.2, 0.25) is 0 Å². The van der Waals surface area contributed by atoms with E-state index in [2.05, 4.69) is 11.8 Å². The Hall–Kier alpha value is -0.870. The average molecular weight is 213 g/mol. The molecule has 3 nitrogen and oxygen atoms in total. The first-order chi connectivity index (χ1) is 6.50. The van der Waals surface area contributed by atoms with Gasteiger partial charge in [-0.2, -0.15) is 0 Å². The quantitative estimate of drug-likeness (QED) is 0.775. The molecule has 0 saturated heterocycles. The number of carboxylic acids is 1. The molecule has 0 spiro atoms. The zero-order valence-electron chi connectivity index (χ0n) is 8.50. The molecule has 0 aliphatic heterocycles. The number of carboxylic acid groups (broad SMARTS) is 1. The molecule has 0 fully saturated rings. The summed E-state index contributed by atoms with van der Waals surface area (Å²) in [5.74, 6) is -0.997. The van der Waals surface area contributed by atoms with Crippen molar-refractivity contribution in [3.8, 4) is 0 Å². The molecule has 0 aromatic carbocycles. The molecule has 1 rings (SSSR count). The molecule has 0 bridgehead atoms. The monoisotopic (exact) mass is 213 g/mol. The Morgan fingerprint density at radius 2 is 2.29 bits per heavy atom. The Morgan fingerprint density at radius 3 is 2.71 bits per heavy atom. The lowest BCUT2D eigenvalue weighted by molar-refractivity contribution is -0.428. The van der Waals surface area contributed by atoms with Gasteiger partial charge in [0.05, 0.1) is 0 Å². The van der Waals surface area contributed by atoms with Gasteiger partial charge in [-0.15, -0.1) is 11.3 Å². The van der Waals surface area contributed by atoms with Crippen LogP contribution in [0.25, 0.3) is 0 Å². The van der Waals surface area contributed by atoms with Crippen LogP contribution in [0, 0.1) is 13.8 Å². The van der Waals surface area contributed by atoms with Gasteiger partial charge in [0.25, 0.3) is 0 Å². The summed E-state index contributed by atoms with van der Waals surface area (Å²) in [7, 11) is 0. The second kappa shape index (κ2) is 4.57. The lowest BCUT2D eigenvalue weighted by Gasteiger charge is -2.08. The van der Waals surface area contributed by atoms with Crippen molar-refractivity contribution in [2.24, 2.45) is 0 Å². The van der Waals surface area contributed by atoms with Crippen molar-refractivity contribution in [3.05, 3.63) is 21.4 Å². The first-order valence-corrected chi connectivity index (χ1v) is 5.42. The standard InChI is InChI=1S/C10H15NO2S/c1-6-5-8(7(2)14-6)9(11)3-4-10(12)13/h5,9H,3-4,11H2,1-2H3,(H,12,13)/t9-/m1/s1. The number of aryl methyl sites for hydroxylation is 2. The lowest BCUT2D eigenvalue weighted by Crippen LogP contribution is -2.53. The summed E-state index contributed by atoms with van der Waals surface area (Å²) in [6.45, 7) is 4.09. The number of hydrogen-bond donors (Lipinski definition) is 1. The number of thiophene rings is 1. The Bertz CT molecular complexity index is 333. The average Bonchev–Trinajstić information content (AvgIpc) is 2.41. The van der Waals surface area contributed by atoms with Crippen LogP contribution < -0.4 is 10.8 Å². The number of hydrogen-bond acceptors (Lipinski definition) is 3.